The van der Waals surface area contributed by atoms with Crippen molar-refractivity contribution < 1.29 is 9.53 Å². The summed E-state index contributed by atoms with van der Waals surface area (Å²) in [5.74, 6) is -0.248. The van der Waals surface area contributed by atoms with Gasteiger partial charge in [0.1, 0.15) is 6.61 Å². The molecule has 0 saturated heterocycles. The SMILES string of the molecule is CC(N)CCCC(C)C(=O)OCc1cccc(Cl)c1. The molecule has 1 aromatic rings. The summed E-state index contributed by atoms with van der Waals surface area (Å²) in [6.07, 6.45) is 2.70. The molecule has 3 nitrogen and oxygen atoms in total. The van der Waals surface area contributed by atoms with E-state index >= 15 is 0 Å². The van der Waals surface area contributed by atoms with E-state index in [2.05, 4.69) is 0 Å². The van der Waals surface area contributed by atoms with Crippen LogP contribution in [0.15, 0.2) is 24.3 Å². The molecule has 2 atom stereocenters. The molecule has 0 heterocycles. The minimum Gasteiger partial charge on any atom is -0.461 e. The van der Waals surface area contributed by atoms with Crippen LogP contribution in [0.1, 0.15) is 38.7 Å². The van der Waals surface area contributed by atoms with E-state index in [1.807, 2.05) is 26.0 Å². The summed E-state index contributed by atoms with van der Waals surface area (Å²) in [5.41, 5.74) is 6.58. The normalized spacial score (nSPS) is 13.9. The van der Waals surface area contributed by atoms with E-state index in [1.165, 1.54) is 0 Å². The average Bonchev–Trinajstić information content (AvgIpc) is 2.35. The van der Waals surface area contributed by atoms with Crippen LogP contribution in [-0.2, 0) is 16.1 Å². The number of rotatable bonds is 7. The highest BCUT2D eigenvalue weighted by molar-refractivity contribution is 6.30. The first-order valence-electron chi connectivity index (χ1n) is 6.65. The number of esters is 1. The van der Waals surface area contributed by atoms with Crippen LogP contribution in [0, 0.1) is 5.92 Å². The topological polar surface area (TPSA) is 52.3 Å². The van der Waals surface area contributed by atoms with Crippen LogP contribution in [0.5, 0.6) is 0 Å². The largest absolute Gasteiger partial charge is 0.461 e. The molecular formula is C15H22ClNO2. The molecule has 1 aromatic carbocycles. The molecule has 0 aliphatic carbocycles. The van der Waals surface area contributed by atoms with Crippen LogP contribution in [0.2, 0.25) is 5.02 Å². The van der Waals surface area contributed by atoms with E-state index in [1.54, 1.807) is 12.1 Å². The summed E-state index contributed by atoms with van der Waals surface area (Å²) >= 11 is 5.87. The van der Waals surface area contributed by atoms with Crippen LogP contribution < -0.4 is 5.73 Å². The Hall–Kier alpha value is -1.06. The van der Waals surface area contributed by atoms with Gasteiger partial charge in [0.25, 0.3) is 0 Å². The zero-order valence-electron chi connectivity index (χ0n) is 11.6. The Morgan fingerprint density at radius 2 is 2.11 bits per heavy atom. The molecule has 0 bridgehead atoms. The Balaban J connectivity index is 2.30. The predicted octanol–water partition coefficient (Wildman–Crippen LogP) is 3.54. The molecule has 0 aliphatic heterocycles. The second kappa shape index (κ2) is 8.18. The highest BCUT2D eigenvalue weighted by Crippen LogP contribution is 2.14. The maximum absolute atomic E-state index is 11.8. The van der Waals surface area contributed by atoms with Gasteiger partial charge >= 0.3 is 5.97 Å². The number of halogens is 1. The minimum absolute atomic E-state index is 0.0852. The summed E-state index contributed by atoms with van der Waals surface area (Å²) in [4.78, 5) is 11.8. The van der Waals surface area contributed by atoms with Gasteiger partial charge in [0.2, 0.25) is 0 Å². The van der Waals surface area contributed by atoms with Crippen molar-refractivity contribution in [2.24, 2.45) is 11.7 Å². The van der Waals surface area contributed by atoms with Crippen LogP contribution in [-0.4, -0.2) is 12.0 Å². The van der Waals surface area contributed by atoms with Crippen molar-refractivity contribution in [1.29, 1.82) is 0 Å². The lowest BCUT2D eigenvalue weighted by molar-refractivity contribution is -0.149. The zero-order valence-corrected chi connectivity index (χ0v) is 12.3. The van der Waals surface area contributed by atoms with Crippen molar-refractivity contribution in [1.82, 2.24) is 0 Å². The Labute approximate surface area is 120 Å². The molecule has 0 spiro atoms. The van der Waals surface area contributed by atoms with E-state index < -0.39 is 0 Å². The fourth-order valence-electron chi connectivity index (χ4n) is 1.79. The Morgan fingerprint density at radius 1 is 1.37 bits per heavy atom. The monoisotopic (exact) mass is 283 g/mol. The smallest absolute Gasteiger partial charge is 0.308 e. The van der Waals surface area contributed by atoms with E-state index in [-0.39, 0.29) is 24.5 Å². The lowest BCUT2D eigenvalue weighted by Gasteiger charge is -2.12. The highest BCUT2D eigenvalue weighted by Gasteiger charge is 2.14. The summed E-state index contributed by atoms with van der Waals surface area (Å²) in [5, 5.41) is 0.651. The highest BCUT2D eigenvalue weighted by atomic mass is 35.5. The van der Waals surface area contributed by atoms with Gasteiger partial charge in [-0.05, 0) is 37.5 Å². The first-order valence-corrected chi connectivity index (χ1v) is 7.03. The van der Waals surface area contributed by atoms with Crippen LogP contribution in [0.3, 0.4) is 0 Å². The number of nitrogens with two attached hydrogens (primary N) is 1. The molecule has 1 rings (SSSR count). The van der Waals surface area contributed by atoms with Gasteiger partial charge in [-0.15, -0.1) is 0 Å². The maximum atomic E-state index is 11.8. The lowest BCUT2D eigenvalue weighted by Crippen LogP contribution is -2.17. The van der Waals surface area contributed by atoms with Gasteiger partial charge < -0.3 is 10.5 Å². The maximum Gasteiger partial charge on any atom is 0.308 e. The predicted molar refractivity (Wildman–Crippen MR) is 77.9 cm³/mol. The van der Waals surface area contributed by atoms with Crippen LogP contribution in [0.25, 0.3) is 0 Å². The number of hydrogen-bond acceptors (Lipinski definition) is 3. The van der Waals surface area contributed by atoms with Gasteiger partial charge in [-0.25, -0.2) is 0 Å². The molecule has 19 heavy (non-hydrogen) atoms. The zero-order chi connectivity index (χ0) is 14.3. The van der Waals surface area contributed by atoms with E-state index in [9.17, 15) is 4.79 Å². The fourth-order valence-corrected chi connectivity index (χ4v) is 2.00. The van der Waals surface area contributed by atoms with Gasteiger partial charge in [0, 0.05) is 11.1 Å². The van der Waals surface area contributed by atoms with Crippen molar-refractivity contribution in [3.8, 4) is 0 Å². The van der Waals surface area contributed by atoms with Crippen LogP contribution in [0.4, 0.5) is 0 Å². The number of benzene rings is 1. The second-order valence-corrected chi connectivity index (χ2v) is 5.48. The fraction of sp³-hybridized carbons (Fsp3) is 0.533. The average molecular weight is 284 g/mol. The number of hydrogen-bond donors (Lipinski definition) is 1. The van der Waals surface area contributed by atoms with Gasteiger partial charge in [-0.2, -0.15) is 0 Å². The molecule has 0 fully saturated rings. The molecule has 2 unspecified atom stereocenters. The van der Waals surface area contributed by atoms with E-state index in [4.69, 9.17) is 22.1 Å². The Kier molecular flexibility index (Phi) is 6.89. The Morgan fingerprint density at radius 3 is 2.74 bits per heavy atom. The van der Waals surface area contributed by atoms with E-state index in [0.29, 0.717) is 5.02 Å². The number of carbonyl (C=O) groups is 1. The lowest BCUT2D eigenvalue weighted by atomic mass is 10.0. The van der Waals surface area contributed by atoms with Gasteiger partial charge in [-0.3, -0.25) is 4.79 Å². The standard InChI is InChI=1S/C15H22ClNO2/c1-11(5-3-6-12(2)17)15(18)19-10-13-7-4-8-14(16)9-13/h4,7-9,11-12H,3,5-6,10,17H2,1-2H3. The molecule has 0 amide bonds. The summed E-state index contributed by atoms with van der Waals surface area (Å²) in [6.45, 7) is 4.14. The molecular weight excluding hydrogens is 262 g/mol. The van der Waals surface area contributed by atoms with Crippen molar-refractivity contribution in [3.05, 3.63) is 34.9 Å². The first-order chi connectivity index (χ1) is 8.99. The third-order valence-corrected chi connectivity index (χ3v) is 3.20. The summed E-state index contributed by atoms with van der Waals surface area (Å²) in [6, 6.07) is 7.52. The van der Waals surface area contributed by atoms with Gasteiger partial charge in [0.15, 0.2) is 0 Å². The second-order valence-electron chi connectivity index (χ2n) is 5.05. The van der Waals surface area contributed by atoms with Crippen LogP contribution >= 0.6 is 11.6 Å². The molecule has 106 valence electrons. The number of carbonyl (C=O) groups excluding carboxylic acids is 1. The molecule has 0 radical (unpaired) electrons. The molecule has 0 aliphatic rings. The number of ether oxygens (including phenoxy) is 1. The summed E-state index contributed by atoms with van der Waals surface area (Å²) < 4.78 is 5.27. The van der Waals surface area contributed by atoms with Crippen molar-refractivity contribution in [2.45, 2.75) is 45.8 Å². The third kappa shape index (κ3) is 6.60. The summed E-state index contributed by atoms with van der Waals surface area (Å²) in [7, 11) is 0. The van der Waals surface area contributed by atoms with Crippen molar-refractivity contribution in [3.63, 3.8) is 0 Å². The molecule has 0 saturated carbocycles. The molecule has 0 aromatic heterocycles. The third-order valence-electron chi connectivity index (χ3n) is 2.97. The van der Waals surface area contributed by atoms with Crippen molar-refractivity contribution in [2.75, 3.05) is 0 Å². The van der Waals surface area contributed by atoms with Gasteiger partial charge in [-0.1, -0.05) is 37.1 Å². The molecule has 4 heteroatoms. The van der Waals surface area contributed by atoms with Crippen molar-refractivity contribution >= 4 is 17.6 Å². The quantitative estimate of drug-likeness (QED) is 0.779. The first kappa shape index (κ1) is 16.0. The van der Waals surface area contributed by atoms with E-state index in [0.717, 1.165) is 24.8 Å². The molecule has 2 N–H and O–H groups in total. The van der Waals surface area contributed by atoms with Gasteiger partial charge in [0.05, 0.1) is 5.92 Å². The minimum atomic E-state index is -0.162. The Bertz CT molecular complexity index is 407.